The Balaban J connectivity index is 0.000000574. The largest absolute Gasteiger partial charge is 0.573 e. The second kappa shape index (κ2) is 51.8. The van der Waals surface area contributed by atoms with Crippen LogP contribution in [0.2, 0.25) is 0 Å². The number of aryl methyl sites for hydroxylation is 2. The van der Waals surface area contributed by atoms with Crippen LogP contribution in [0, 0.1) is 123 Å². The third-order valence-electron chi connectivity index (χ3n) is 13.4. The van der Waals surface area contributed by atoms with Crippen LogP contribution in [0.1, 0.15) is 103 Å². The standard InChI is InChI=1S/2C12H14.C11H13N.C10H11N.C10H10O2.C10H10.C9H5F3O.C9H8O.C8H4F2/c1-5-10-6-8-11(9-7-10)12(2,3)4;1-3-5-6-12-9-7-11(4-2)8-10-12;1-3-9-12(2)10-11-7-5-4-6-8-11;1-4-9-5-7-10(8-6-9)11(2)3;1-4-8-5-9(11-2)7-10(6-8)12-3;1-2-3-7-10-8-5-4-6-9-10;1-2-7-3-5-8(6-4-7)13-9(10,11)12;1-2-8-10-9-6-4-3-5-7-9;1-2-6-3-4-7(9)8(10)5-6/h1,6-9H,2-4H3;2,7-10H,3,5-6H2,1H3;1,4-8H,9-10H2,2H3;1,5-8H,2-3H3;1,5-7H,2-3H3;1,4-6,8-9H,3,7H2;1,3-6H;1,3-7H,8H2;1,3-5H. The van der Waals surface area contributed by atoms with Crippen molar-refractivity contribution < 1.29 is 40.9 Å². The summed E-state index contributed by atoms with van der Waals surface area (Å²) in [6.07, 6.45) is 47.1. The van der Waals surface area contributed by atoms with Crippen LogP contribution in [0.5, 0.6) is 23.0 Å². The number of terminal acetylenes is 9. The molecule has 0 unspecified atom stereocenters. The zero-order valence-corrected chi connectivity index (χ0v) is 59.6. The number of para-hydroxylation sites is 1. The number of ether oxygens (including phenoxy) is 4. The molecule has 0 saturated heterocycles. The molecule has 0 saturated carbocycles. The van der Waals surface area contributed by atoms with Crippen molar-refractivity contribution in [1.29, 1.82) is 0 Å². The first-order valence-electron chi connectivity index (χ1n) is 31.9. The van der Waals surface area contributed by atoms with Crippen LogP contribution in [0.4, 0.5) is 27.6 Å². The number of methoxy groups -OCH3 is 2. The van der Waals surface area contributed by atoms with Gasteiger partial charge < -0.3 is 23.8 Å². The average Bonchev–Trinajstić information content (AvgIpc) is 0.835. The van der Waals surface area contributed by atoms with Crippen LogP contribution in [0.15, 0.2) is 224 Å². The number of hydrogen-bond acceptors (Lipinski definition) is 6. The molecule has 0 radical (unpaired) electrons. The van der Waals surface area contributed by atoms with E-state index >= 15 is 0 Å². The van der Waals surface area contributed by atoms with Crippen molar-refractivity contribution in [2.45, 2.75) is 78.1 Å². The quantitative estimate of drug-likeness (QED) is 0.0798. The van der Waals surface area contributed by atoms with Gasteiger partial charge in [0.2, 0.25) is 0 Å². The van der Waals surface area contributed by atoms with Crippen LogP contribution < -0.4 is 23.8 Å². The van der Waals surface area contributed by atoms with Crippen molar-refractivity contribution in [3.63, 3.8) is 0 Å². The fourth-order valence-electron chi connectivity index (χ4n) is 7.91. The van der Waals surface area contributed by atoms with Gasteiger partial charge in [0.15, 0.2) is 11.6 Å². The highest BCUT2D eigenvalue weighted by Crippen LogP contribution is 2.24. The zero-order valence-electron chi connectivity index (χ0n) is 59.6. The summed E-state index contributed by atoms with van der Waals surface area (Å²) in [5.41, 5.74) is 11.2. The minimum absolute atomic E-state index is 0.215. The maximum Gasteiger partial charge on any atom is 0.573 e. The molecule has 522 valence electrons. The summed E-state index contributed by atoms with van der Waals surface area (Å²) in [6, 6.07) is 68.1. The molecule has 9 rings (SSSR count). The number of halogens is 5. The third-order valence-corrected chi connectivity index (χ3v) is 13.4. The van der Waals surface area contributed by atoms with E-state index in [0.29, 0.717) is 35.8 Å². The number of rotatable bonds is 14. The molecular formula is C91H89F5N2O4. The second-order valence-corrected chi connectivity index (χ2v) is 22.6. The van der Waals surface area contributed by atoms with Gasteiger partial charge in [0.25, 0.3) is 0 Å². The van der Waals surface area contributed by atoms with E-state index in [1.54, 1.807) is 32.4 Å². The number of anilines is 1. The van der Waals surface area contributed by atoms with Crippen LogP contribution in [0.3, 0.4) is 0 Å². The van der Waals surface area contributed by atoms with Crippen molar-refractivity contribution in [3.05, 3.63) is 292 Å². The van der Waals surface area contributed by atoms with E-state index < -0.39 is 18.0 Å². The van der Waals surface area contributed by atoms with E-state index in [9.17, 15) is 22.0 Å². The normalized spacial score (nSPS) is 9.39. The Bertz CT molecular complexity index is 4120. The van der Waals surface area contributed by atoms with Gasteiger partial charge in [-0.15, -0.1) is 76.9 Å². The molecule has 0 bridgehead atoms. The van der Waals surface area contributed by atoms with Crippen LogP contribution >= 0.6 is 0 Å². The summed E-state index contributed by atoms with van der Waals surface area (Å²) >= 11 is 0. The lowest BCUT2D eigenvalue weighted by Crippen LogP contribution is -2.17. The van der Waals surface area contributed by atoms with Crippen LogP contribution in [-0.2, 0) is 24.8 Å². The van der Waals surface area contributed by atoms with E-state index in [4.69, 9.17) is 72.0 Å². The van der Waals surface area contributed by atoms with E-state index in [2.05, 4.69) is 139 Å². The first-order valence-corrected chi connectivity index (χ1v) is 31.9. The van der Waals surface area contributed by atoms with Crippen molar-refractivity contribution in [3.8, 4) is 134 Å². The van der Waals surface area contributed by atoms with Gasteiger partial charge in [0.05, 0.1) is 20.8 Å². The number of benzene rings is 9. The van der Waals surface area contributed by atoms with Crippen LogP contribution in [0.25, 0.3) is 0 Å². The van der Waals surface area contributed by atoms with Gasteiger partial charge in [-0.3, -0.25) is 4.90 Å². The summed E-state index contributed by atoms with van der Waals surface area (Å²) in [5, 5.41) is 0. The Morgan fingerprint density at radius 3 is 1.25 bits per heavy atom. The smallest absolute Gasteiger partial charge is 0.497 e. The van der Waals surface area contributed by atoms with Gasteiger partial charge in [0.1, 0.15) is 29.6 Å². The first kappa shape index (κ1) is 87.6. The van der Waals surface area contributed by atoms with Crippen molar-refractivity contribution in [1.82, 2.24) is 4.90 Å². The lowest BCUT2D eigenvalue weighted by Gasteiger charge is -2.18. The first-order chi connectivity index (χ1) is 48.9. The average molecular weight is 1370 g/mol. The molecule has 102 heavy (non-hydrogen) atoms. The van der Waals surface area contributed by atoms with Gasteiger partial charge in [-0.2, -0.15) is 0 Å². The summed E-state index contributed by atoms with van der Waals surface area (Å²) in [5.74, 6) is 22.6. The lowest BCUT2D eigenvalue weighted by atomic mass is 9.87. The van der Waals surface area contributed by atoms with Gasteiger partial charge >= 0.3 is 6.36 Å². The van der Waals surface area contributed by atoms with Crippen molar-refractivity contribution in [2.24, 2.45) is 0 Å². The molecule has 9 aromatic rings. The van der Waals surface area contributed by atoms with E-state index in [0.717, 1.165) is 59.5 Å². The van der Waals surface area contributed by atoms with Crippen molar-refractivity contribution in [2.75, 3.05) is 53.4 Å². The number of unbranched alkanes of at least 4 members (excludes halogenated alkanes) is 1. The molecule has 6 nitrogen and oxygen atoms in total. The minimum atomic E-state index is -4.66. The molecular weight excluding hydrogens is 1280 g/mol. The van der Waals surface area contributed by atoms with Gasteiger partial charge in [-0.1, -0.05) is 185 Å². The highest BCUT2D eigenvalue weighted by molar-refractivity contribution is 5.49. The van der Waals surface area contributed by atoms with E-state index in [1.807, 2.05) is 141 Å². The number of nitrogens with zero attached hydrogens (tertiary/aromatic N) is 2. The Morgan fingerprint density at radius 2 is 0.843 bits per heavy atom. The molecule has 0 spiro atoms. The van der Waals surface area contributed by atoms with E-state index in [1.165, 1.54) is 77.5 Å². The molecule has 0 aromatic heterocycles. The topological polar surface area (TPSA) is 43.4 Å². The summed E-state index contributed by atoms with van der Waals surface area (Å²) in [7, 11) is 9.22. The molecule has 0 aliphatic rings. The maximum atomic E-state index is 12.3. The highest BCUT2D eigenvalue weighted by atomic mass is 19.4. The Labute approximate surface area is 605 Å². The summed E-state index contributed by atoms with van der Waals surface area (Å²) < 4.78 is 78.3. The van der Waals surface area contributed by atoms with Gasteiger partial charge in [-0.05, 0) is 169 Å². The van der Waals surface area contributed by atoms with Gasteiger partial charge in [0, 0.05) is 72.2 Å². The predicted octanol–water partition coefficient (Wildman–Crippen LogP) is 19.6. The molecule has 0 aliphatic heterocycles. The Hall–Kier alpha value is -12.4. The van der Waals surface area contributed by atoms with Gasteiger partial charge in [-0.25, -0.2) is 8.78 Å². The molecule has 0 atom stereocenters. The Morgan fingerprint density at radius 1 is 0.412 bits per heavy atom. The highest BCUT2D eigenvalue weighted by Gasteiger charge is 2.31. The third kappa shape index (κ3) is 41.0. The maximum absolute atomic E-state index is 12.3. The molecule has 9 aromatic carbocycles. The number of hydrogen-bond donors (Lipinski definition) is 0. The summed E-state index contributed by atoms with van der Waals surface area (Å²) in [4.78, 5) is 4.15. The fraction of sp³-hybridized carbons (Fsp3) is 0.209. The molecule has 0 aliphatic carbocycles. The van der Waals surface area contributed by atoms with E-state index in [-0.39, 0.29) is 11.2 Å². The molecule has 0 fully saturated rings. The zero-order chi connectivity index (χ0) is 76.0. The minimum Gasteiger partial charge on any atom is -0.497 e. The van der Waals surface area contributed by atoms with Crippen molar-refractivity contribution >= 4 is 5.69 Å². The summed E-state index contributed by atoms with van der Waals surface area (Å²) in [6.45, 7) is 10.7. The lowest BCUT2D eigenvalue weighted by molar-refractivity contribution is -0.274. The fourth-order valence-corrected chi connectivity index (χ4v) is 7.91. The number of alkyl halides is 3. The predicted molar refractivity (Wildman–Crippen MR) is 414 cm³/mol. The monoisotopic (exact) mass is 1370 g/mol. The molecule has 0 N–H and O–H groups in total. The second-order valence-electron chi connectivity index (χ2n) is 22.6. The molecule has 11 heteroatoms. The molecule has 0 amide bonds. The Kier molecular flexibility index (Phi) is 44.5. The van der Waals surface area contributed by atoms with Crippen LogP contribution in [-0.4, -0.2) is 59.8 Å². The SMILES string of the molecule is C#CCCc1ccccc1.C#CCN(C)Cc1ccccc1.C#CCOc1ccccc1.C#Cc1cc(OC)cc(OC)c1.C#Cc1ccc(C(C)(C)C)cc1.C#Cc1ccc(CCCC)cc1.C#Cc1ccc(F)c(F)c1.C#Cc1ccc(N(C)C)cc1.C#Cc1ccc(OC(F)(F)F)cc1. The molecule has 0 heterocycles.